The van der Waals surface area contributed by atoms with Gasteiger partial charge < -0.3 is 9.64 Å². The molecule has 1 amide bonds. The summed E-state index contributed by atoms with van der Waals surface area (Å²) >= 11 is 2.06. The number of carbonyl (C=O) groups is 1. The standard InChI is InChI=1S/C12H15FINO2/c1-15(6-3-7-17-2)12(16)10-8-9(14)4-5-11(10)13/h4-5,8H,3,6-7H2,1-2H3. The minimum atomic E-state index is -0.478. The van der Waals surface area contributed by atoms with E-state index in [1.54, 1.807) is 26.3 Å². The first kappa shape index (κ1) is 14.4. The number of nitrogens with zero attached hydrogens (tertiary/aromatic N) is 1. The second-order valence-electron chi connectivity index (χ2n) is 3.70. The van der Waals surface area contributed by atoms with E-state index < -0.39 is 5.82 Å². The molecule has 17 heavy (non-hydrogen) atoms. The van der Waals surface area contributed by atoms with E-state index in [-0.39, 0.29) is 11.5 Å². The van der Waals surface area contributed by atoms with E-state index in [9.17, 15) is 9.18 Å². The third-order valence-corrected chi connectivity index (χ3v) is 3.02. The Labute approximate surface area is 114 Å². The molecule has 0 spiro atoms. The highest BCUT2D eigenvalue weighted by atomic mass is 127. The van der Waals surface area contributed by atoms with Gasteiger partial charge in [-0.1, -0.05) is 0 Å². The summed E-state index contributed by atoms with van der Waals surface area (Å²) in [7, 11) is 3.28. The van der Waals surface area contributed by atoms with Gasteiger partial charge in [0.05, 0.1) is 5.56 Å². The zero-order chi connectivity index (χ0) is 12.8. The van der Waals surface area contributed by atoms with Gasteiger partial charge in [0, 0.05) is 30.9 Å². The smallest absolute Gasteiger partial charge is 0.256 e. The van der Waals surface area contributed by atoms with Gasteiger partial charge in [0.15, 0.2) is 0 Å². The first-order chi connectivity index (χ1) is 8.06. The molecule has 0 fully saturated rings. The van der Waals surface area contributed by atoms with Crippen LogP contribution in [0.1, 0.15) is 16.8 Å². The Bertz CT molecular complexity index is 398. The van der Waals surface area contributed by atoms with Crippen LogP contribution >= 0.6 is 22.6 Å². The zero-order valence-electron chi connectivity index (χ0n) is 9.87. The maximum atomic E-state index is 13.5. The van der Waals surface area contributed by atoms with Crippen LogP contribution in [0.3, 0.4) is 0 Å². The number of hydrogen-bond acceptors (Lipinski definition) is 2. The molecule has 0 atom stereocenters. The molecule has 1 rings (SSSR count). The fraction of sp³-hybridized carbons (Fsp3) is 0.417. The molecule has 0 heterocycles. The Hall–Kier alpha value is -0.690. The van der Waals surface area contributed by atoms with Crippen LogP contribution in [0, 0.1) is 9.39 Å². The van der Waals surface area contributed by atoms with Crippen molar-refractivity contribution in [1.29, 1.82) is 0 Å². The summed E-state index contributed by atoms with van der Waals surface area (Å²) in [6.07, 6.45) is 0.740. The Morgan fingerprint density at radius 2 is 2.24 bits per heavy atom. The molecule has 0 aliphatic rings. The Balaban J connectivity index is 2.71. The molecule has 0 radical (unpaired) electrons. The van der Waals surface area contributed by atoms with Crippen LogP contribution in [0.15, 0.2) is 18.2 Å². The van der Waals surface area contributed by atoms with Gasteiger partial charge >= 0.3 is 0 Å². The molecule has 0 saturated heterocycles. The van der Waals surface area contributed by atoms with Crippen molar-refractivity contribution in [3.63, 3.8) is 0 Å². The lowest BCUT2D eigenvalue weighted by atomic mass is 10.2. The second kappa shape index (κ2) is 6.90. The van der Waals surface area contributed by atoms with Crippen molar-refractivity contribution in [3.05, 3.63) is 33.1 Å². The van der Waals surface area contributed by atoms with Crippen molar-refractivity contribution in [2.45, 2.75) is 6.42 Å². The monoisotopic (exact) mass is 351 g/mol. The average molecular weight is 351 g/mol. The van der Waals surface area contributed by atoms with E-state index in [2.05, 4.69) is 22.6 Å². The number of carbonyl (C=O) groups excluding carboxylic acids is 1. The van der Waals surface area contributed by atoms with Gasteiger partial charge in [-0.3, -0.25) is 4.79 Å². The Morgan fingerprint density at radius 3 is 2.88 bits per heavy atom. The van der Waals surface area contributed by atoms with Crippen molar-refractivity contribution in [2.75, 3.05) is 27.3 Å². The lowest BCUT2D eigenvalue weighted by molar-refractivity contribution is 0.0774. The van der Waals surface area contributed by atoms with Crippen molar-refractivity contribution in [3.8, 4) is 0 Å². The normalized spacial score (nSPS) is 10.4. The molecule has 0 N–H and O–H groups in total. The lowest BCUT2D eigenvalue weighted by Gasteiger charge is -2.17. The van der Waals surface area contributed by atoms with Crippen molar-refractivity contribution in [1.82, 2.24) is 4.90 Å². The first-order valence-electron chi connectivity index (χ1n) is 5.25. The predicted octanol–water partition coefficient (Wildman–Crippen LogP) is 2.54. The lowest BCUT2D eigenvalue weighted by Crippen LogP contribution is -2.29. The molecule has 3 nitrogen and oxygen atoms in total. The molecule has 0 aliphatic carbocycles. The van der Waals surface area contributed by atoms with Gasteiger partial charge in [0.2, 0.25) is 0 Å². The highest BCUT2D eigenvalue weighted by Crippen LogP contribution is 2.14. The van der Waals surface area contributed by atoms with E-state index in [4.69, 9.17) is 4.74 Å². The first-order valence-corrected chi connectivity index (χ1v) is 6.33. The van der Waals surface area contributed by atoms with E-state index >= 15 is 0 Å². The molecule has 0 aliphatic heterocycles. The van der Waals surface area contributed by atoms with Crippen molar-refractivity contribution < 1.29 is 13.9 Å². The van der Waals surface area contributed by atoms with Crippen LogP contribution in [0.4, 0.5) is 4.39 Å². The summed E-state index contributed by atoms with van der Waals surface area (Å²) in [5.74, 6) is -0.772. The summed E-state index contributed by atoms with van der Waals surface area (Å²) in [5, 5.41) is 0. The fourth-order valence-corrected chi connectivity index (χ4v) is 1.91. The minimum Gasteiger partial charge on any atom is -0.385 e. The number of methoxy groups -OCH3 is 1. The Kier molecular flexibility index (Phi) is 5.84. The molecule has 1 aromatic carbocycles. The topological polar surface area (TPSA) is 29.5 Å². The van der Waals surface area contributed by atoms with Crippen LogP contribution in [0.5, 0.6) is 0 Å². The highest BCUT2D eigenvalue weighted by Gasteiger charge is 2.16. The van der Waals surface area contributed by atoms with Crippen molar-refractivity contribution >= 4 is 28.5 Å². The molecular formula is C12H15FINO2. The number of halogens is 2. The molecule has 0 bridgehead atoms. The summed E-state index contributed by atoms with van der Waals surface area (Å²) in [5.41, 5.74) is 0.122. The van der Waals surface area contributed by atoms with Gasteiger partial charge in [-0.05, 0) is 47.2 Å². The molecule has 94 valence electrons. The molecule has 5 heteroatoms. The molecule has 0 aromatic heterocycles. The average Bonchev–Trinajstić information content (AvgIpc) is 2.31. The number of ether oxygens (including phenoxy) is 1. The maximum absolute atomic E-state index is 13.5. The van der Waals surface area contributed by atoms with Crippen LogP contribution in [-0.2, 0) is 4.74 Å². The number of amides is 1. The Morgan fingerprint density at radius 1 is 1.53 bits per heavy atom. The number of rotatable bonds is 5. The van der Waals surface area contributed by atoms with Gasteiger partial charge in [-0.15, -0.1) is 0 Å². The van der Waals surface area contributed by atoms with Gasteiger partial charge in [0.1, 0.15) is 5.82 Å². The van der Waals surface area contributed by atoms with Gasteiger partial charge in [0.25, 0.3) is 5.91 Å². The fourth-order valence-electron chi connectivity index (χ4n) is 1.41. The number of benzene rings is 1. The largest absolute Gasteiger partial charge is 0.385 e. The summed E-state index contributed by atoms with van der Waals surface area (Å²) in [6, 6.07) is 4.51. The van der Waals surface area contributed by atoms with Crippen LogP contribution < -0.4 is 0 Å². The molecular weight excluding hydrogens is 336 g/mol. The summed E-state index contributed by atoms with van der Waals surface area (Å²) in [6.45, 7) is 1.14. The van der Waals surface area contributed by atoms with Crippen LogP contribution in [-0.4, -0.2) is 38.1 Å². The number of hydrogen-bond donors (Lipinski definition) is 0. The third-order valence-electron chi connectivity index (χ3n) is 2.35. The zero-order valence-corrected chi connectivity index (χ0v) is 12.0. The maximum Gasteiger partial charge on any atom is 0.256 e. The third kappa shape index (κ3) is 4.23. The van der Waals surface area contributed by atoms with E-state index in [1.165, 1.54) is 11.0 Å². The van der Waals surface area contributed by atoms with Gasteiger partial charge in [-0.25, -0.2) is 4.39 Å². The summed E-state index contributed by atoms with van der Waals surface area (Å²) in [4.78, 5) is 13.5. The molecule has 1 aromatic rings. The molecule has 0 saturated carbocycles. The van der Waals surface area contributed by atoms with Crippen LogP contribution in [0.2, 0.25) is 0 Å². The second-order valence-corrected chi connectivity index (χ2v) is 4.94. The summed E-state index contributed by atoms with van der Waals surface area (Å²) < 4.78 is 19.2. The van der Waals surface area contributed by atoms with E-state index in [1.807, 2.05) is 0 Å². The molecule has 0 unspecified atom stereocenters. The predicted molar refractivity (Wildman–Crippen MR) is 72.6 cm³/mol. The van der Waals surface area contributed by atoms with Crippen LogP contribution in [0.25, 0.3) is 0 Å². The van der Waals surface area contributed by atoms with Crippen molar-refractivity contribution in [2.24, 2.45) is 0 Å². The van der Waals surface area contributed by atoms with E-state index in [0.29, 0.717) is 13.2 Å². The van der Waals surface area contributed by atoms with Gasteiger partial charge in [-0.2, -0.15) is 0 Å². The van der Waals surface area contributed by atoms with E-state index in [0.717, 1.165) is 9.99 Å². The highest BCUT2D eigenvalue weighted by molar-refractivity contribution is 14.1. The quantitative estimate of drug-likeness (QED) is 0.603. The minimum absolute atomic E-state index is 0.122. The SMILES string of the molecule is COCCCN(C)C(=O)c1cc(I)ccc1F.